The minimum absolute atomic E-state index is 1.18. The lowest BCUT2D eigenvalue weighted by molar-refractivity contribution is 0.377. The van der Waals surface area contributed by atoms with E-state index >= 15 is 0 Å². The molecule has 0 fully saturated rings. The molecule has 1 aliphatic rings. The normalized spacial score (nSPS) is 14.7. The number of rotatable bonds is 3. The summed E-state index contributed by atoms with van der Waals surface area (Å²) in [4.78, 5) is 0. The summed E-state index contributed by atoms with van der Waals surface area (Å²) >= 11 is 0. The van der Waals surface area contributed by atoms with Crippen LogP contribution >= 0.6 is 0 Å². The molecule has 0 unspecified atom stereocenters. The third kappa shape index (κ3) is 2.05. The van der Waals surface area contributed by atoms with Gasteiger partial charge in [0.15, 0.2) is 12.0 Å². The first-order chi connectivity index (χ1) is 12.9. The van der Waals surface area contributed by atoms with Crippen LogP contribution in [0.3, 0.4) is 0 Å². The van der Waals surface area contributed by atoms with Crippen LogP contribution in [0.5, 0.6) is 0 Å². The molecule has 124 valence electrons. The van der Waals surface area contributed by atoms with Crippen LogP contribution in [0.25, 0.3) is 11.5 Å². The molecule has 1 aromatic heterocycles. The van der Waals surface area contributed by atoms with Crippen LogP contribution in [0.2, 0.25) is 0 Å². The van der Waals surface area contributed by atoms with E-state index in [1.54, 1.807) is 0 Å². The highest BCUT2D eigenvalue weighted by Crippen LogP contribution is 2.41. The van der Waals surface area contributed by atoms with E-state index in [9.17, 15) is 0 Å². The van der Waals surface area contributed by atoms with E-state index in [1.807, 2.05) is 0 Å². The summed E-state index contributed by atoms with van der Waals surface area (Å²) in [5.74, 6) is 1.18. The van der Waals surface area contributed by atoms with Gasteiger partial charge in [0, 0.05) is 18.2 Å². The van der Waals surface area contributed by atoms with Crippen molar-refractivity contribution in [3.05, 3.63) is 121 Å². The van der Waals surface area contributed by atoms with Crippen LogP contribution in [-0.4, -0.2) is 6.35 Å². The molecule has 2 heterocycles. The van der Waals surface area contributed by atoms with Gasteiger partial charge in [-0.15, -0.1) is 10.9 Å². The van der Waals surface area contributed by atoms with Crippen LogP contribution < -0.4 is 10.9 Å². The van der Waals surface area contributed by atoms with Gasteiger partial charge in [0.2, 0.25) is 0 Å². The molecule has 5 rings (SSSR count). The first-order valence-corrected chi connectivity index (χ1v) is 9.06. The molecule has 4 aromatic rings. The Kier molecular flexibility index (Phi) is 3.43. The highest BCUT2D eigenvalue weighted by Gasteiger charge is 2.49. The Bertz CT molecular complexity index is 1020. The minimum Gasteiger partial charge on any atom is -0.777 e. The second kappa shape index (κ2) is 5.92. The third-order valence-corrected chi connectivity index (χ3v) is 5.52. The maximum atomic E-state index is 3.50. The zero-order valence-electron chi connectivity index (χ0n) is 14.5. The number of benzene rings is 3. The van der Waals surface area contributed by atoms with Gasteiger partial charge in [-0.2, -0.15) is 0 Å². The SMILES string of the molecule is C1=C(c2ccccc2)[B-](c2ccccc2)(c2ccccc2)[o+]2cccc21. The first kappa shape index (κ1) is 15.0. The molecule has 0 radical (unpaired) electrons. The van der Waals surface area contributed by atoms with Crippen LogP contribution in [0, 0.1) is 0 Å². The van der Waals surface area contributed by atoms with E-state index in [4.69, 9.17) is 0 Å². The van der Waals surface area contributed by atoms with Crippen molar-refractivity contribution in [1.82, 2.24) is 0 Å². The topological polar surface area (TPSA) is 2.70 Å². The molecule has 1 nitrogen and oxygen atoms in total. The predicted molar refractivity (Wildman–Crippen MR) is 111 cm³/mol. The smallest absolute Gasteiger partial charge is 0.420 e. The van der Waals surface area contributed by atoms with Gasteiger partial charge in [-0.05, 0) is 0 Å². The fraction of sp³-hybridized carbons (Fsp3) is 0. The minimum atomic E-state index is -1.34. The van der Waals surface area contributed by atoms with Gasteiger partial charge in [-0.3, -0.25) is 0 Å². The third-order valence-electron chi connectivity index (χ3n) is 5.52. The number of furan rings is 1. The Balaban J connectivity index is 1.89. The maximum absolute atomic E-state index is 3.50. The second-order valence-corrected chi connectivity index (χ2v) is 6.84. The summed E-state index contributed by atoms with van der Waals surface area (Å²) in [7, 11) is 0. The van der Waals surface area contributed by atoms with Gasteiger partial charge in [0.1, 0.15) is 0 Å². The molecule has 0 N–H and O–H groups in total. The van der Waals surface area contributed by atoms with Crippen molar-refractivity contribution in [2.75, 3.05) is 0 Å². The van der Waals surface area contributed by atoms with E-state index in [0.29, 0.717) is 0 Å². The van der Waals surface area contributed by atoms with Crippen molar-refractivity contribution in [2.45, 2.75) is 0 Å². The fourth-order valence-electron chi connectivity index (χ4n) is 4.46. The van der Waals surface area contributed by atoms with Gasteiger partial charge in [-0.1, -0.05) is 102 Å². The Hall–Kier alpha value is -3.26. The van der Waals surface area contributed by atoms with E-state index in [0.717, 1.165) is 0 Å². The molecule has 0 bridgehead atoms. The zero-order valence-corrected chi connectivity index (χ0v) is 14.5. The van der Waals surface area contributed by atoms with Crippen molar-refractivity contribution >= 4 is 28.8 Å². The molecular weight excluding hydrogens is 315 g/mol. The molecule has 0 saturated heterocycles. The van der Waals surface area contributed by atoms with E-state index in [-0.39, 0.29) is 0 Å². The quantitative estimate of drug-likeness (QED) is 0.378. The largest absolute Gasteiger partial charge is 0.777 e. The van der Waals surface area contributed by atoms with Crippen molar-refractivity contribution in [1.29, 1.82) is 0 Å². The summed E-state index contributed by atoms with van der Waals surface area (Å²) in [6, 6.07) is 36.7. The molecular formula is C24H19BO. The van der Waals surface area contributed by atoms with E-state index < -0.39 is 6.35 Å². The second-order valence-electron chi connectivity index (χ2n) is 6.84. The highest BCUT2D eigenvalue weighted by molar-refractivity contribution is 7.12. The van der Waals surface area contributed by atoms with Crippen LogP contribution in [0.4, 0.5) is 0 Å². The highest BCUT2D eigenvalue weighted by atomic mass is 16.5. The summed E-state index contributed by atoms with van der Waals surface area (Å²) < 4.78 is 3.50. The molecule has 26 heavy (non-hydrogen) atoms. The summed E-state index contributed by atoms with van der Waals surface area (Å²) in [5.41, 5.74) is 5.20. The van der Waals surface area contributed by atoms with Crippen molar-refractivity contribution in [2.24, 2.45) is 0 Å². The average molecular weight is 334 g/mol. The summed E-state index contributed by atoms with van der Waals surface area (Å²) in [6.07, 6.45) is 3.12. The first-order valence-electron chi connectivity index (χ1n) is 9.06. The van der Waals surface area contributed by atoms with Gasteiger partial charge < -0.3 is 3.96 Å². The van der Waals surface area contributed by atoms with Gasteiger partial charge in [0.05, 0.1) is 0 Å². The van der Waals surface area contributed by atoms with Crippen LogP contribution in [0.15, 0.2) is 113 Å². The van der Waals surface area contributed by atoms with Crippen molar-refractivity contribution < 1.29 is 3.96 Å². The zero-order chi connectivity index (χ0) is 17.4. The molecule has 0 spiro atoms. The number of hydrogen-bond donors (Lipinski definition) is 0. The summed E-state index contributed by atoms with van der Waals surface area (Å²) in [5, 5.41) is 0. The van der Waals surface area contributed by atoms with E-state index in [2.05, 4.69) is 119 Å². The van der Waals surface area contributed by atoms with Crippen LogP contribution in [0.1, 0.15) is 11.3 Å². The summed E-state index contributed by atoms with van der Waals surface area (Å²) in [6.45, 7) is 0. The van der Waals surface area contributed by atoms with E-state index in [1.165, 1.54) is 27.7 Å². The lowest BCUT2D eigenvalue weighted by atomic mass is 9.27. The van der Waals surface area contributed by atoms with Crippen molar-refractivity contribution in [3.63, 3.8) is 0 Å². The lowest BCUT2D eigenvalue weighted by Crippen LogP contribution is -2.59. The molecule has 1 aliphatic heterocycles. The maximum Gasteiger partial charge on any atom is 0.420 e. The fourth-order valence-corrected chi connectivity index (χ4v) is 4.46. The standard InChI is InChI=1S/C24H19BO/c1-4-11-20(12-5-1)24-19-23-17-10-18-26(23)25(24,21-13-6-2-7-14-21)22-15-8-3-9-16-22/h1-19H. The monoisotopic (exact) mass is 334 g/mol. The molecule has 2 heteroatoms. The molecule has 0 aliphatic carbocycles. The molecule has 3 aromatic carbocycles. The van der Waals surface area contributed by atoms with Gasteiger partial charge in [0.25, 0.3) is 0 Å². The Labute approximate surface area is 153 Å². The van der Waals surface area contributed by atoms with Crippen LogP contribution in [-0.2, 0) is 0 Å². The van der Waals surface area contributed by atoms with Gasteiger partial charge >= 0.3 is 6.35 Å². The predicted octanol–water partition coefficient (Wildman–Crippen LogP) is 4.67. The Morgan fingerprint density at radius 2 is 1.08 bits per heavy atom. The van der Waals surface area contributed by atoms with Crippen molar-refractivity contribution in [3.8, 4) is 0 Å². The number of fused-ring (bicyclic) bond motifs is 1. The lowest BCUT2D eigenvalue weighted by Gasteiger charge is -2.39. The Morgan fingerprint density at radius 3 is 1.65 bits per heavy atom. The Morgan fingerprint density at radius 1 is 0.538 bits per heavy atom. The molecule has 0 amide bonds. The molecule has 0 saturated carbocycles. The average Bonchev–Trinajstić information content (AvgIpc) is 3.30. The molecule has 0 atom stereocenters. The number of hydrogen-bond acceptors (Lipinski definition) is 0. The van der Waals surface area contributed by atoms with Gasteiger partial charge in [-0.25, -0.2) is 0 Å².